The molecule has 0 saturated carbocycles. The maximum absolute atomic E-state index is 13.0. The van der Waals surface area contributed by atoms with E-state index in [0.29, 0.717) is 48.9 Å². The number of aromatic nitrogens is 2. The molecule has 0 bridgehead atoms. The molecule has 0 N–H and O–H groups in total. The fraction of sp³-hybridized carbons (Fsp3) is 0.273. The van der Waals surface area contributed by atoms with Crippen molar-refractivity contribution < 1.29 is 22.1 Å². The van der Waals surface area contributed by atoms with Gasteiger partial charge in [0.15, 0.2) is 5.76 Å². The van der Waals surface area contributed by atoms with Gasteiger partial charge in [0.2, 0.25) is 15.8 Å². The van der Waals surface area contributed by atoms with Crippen LogP contribution in [0.25, 0.3) is 34.0 Å². The Hall–Kier alpha value is -2.66. The Labute approximate surface area is 189 Å². The highest BCUT2D eigenvalue weighted by molar-refractivity contribution is 7.98. The predicted molar refractivity (Wildman–Crippen MR) is 121 cm³/mol. The summed E-state index contributed by atoms with van der Waals surface area (Å²) in [5.74, 6) is 1.14. The molecular formula is C22H21N3O5S2. The second-order valence-corrected chi connectivity index (χ2v) is 10.2. The van der Waals surface area contributed by atoms with Crippen LogP contribution in [0.4, 0.5) is 0 Å². The lowest BCUT2D eigenvalue weighted by Crippen LogP contribution is -2.40. The van der Waals surface area contributed by atoms with Crippen LogP contribution in [0.5, 0.6) is 0 Å². The lowest BCUT2D eigenvalue weighted by atomic mass is 10.1. The highest BCUT2D eigenvalue weighted by atomic mass is 32.2. The van der Waals surface area contributed by atoms with Crippen molar-refractivity contribution in [2.24, 2.45) is 0 Å². The summed E-state index contributed by atoms with van der Waals surface area (Å²) in [5.41, 5.74) is 2.14. The van der Waals surface area contributed by atoms with E-state index in [1.807, 2.05) is 37.4 Å². The van der Waals surface area contributed by atoms with Crippen LogP contribution in [0.3, 0.4) is 0 Å². The molecule has 32 heavy (non-hydrogen) atoms. The molecule has 8 nitrogen and oxygen atoms in total. The first-order valence-corrected chi connectivity index (χ1v) is 12.7. The Balaban J connectivity index is 1.49. The lowest BCUT2D eigenvalue weighted by molar-refractivity contribution is 0.0730. The largest absolute Gasteiger partial charge is 0.451 e. The summed E-state index contributed by atoms with van der Waals surface area (Å²) >= 11 is 1.66. The number of hydrogen-bond acceptors (Lipinski definition) is 8. The van der Waals surface area contributed by atoms with Crippen LogP contribution in [-0.2, 0) is 14.8 Å². The minimum absolute atomic E-state index is 0.224. The molecule has 1 aliphatic heterocycles. The van der Waals surface area contributed by atoms with Crippen LogP contribution in [0.1, 0.15) is 5.56 Å². The fourth-order valence-corrected chi connectivity index (χ4v) is 5.52. The topological polar surface area (TPSA) is 98.7 Å². The van der Waals surface area contributed by atoms with Crippen molar-refractivity contribution in [3.05, 3.63) is 48.0 Å². The van der Waals surface area contributed by atoms with E-state index in [0.717, 1.165) is 16.0 Å². The zero-order chi connectivity index (χ0) is 22.3. The van der Waals surface area contributed by atoms with Gasteiger partial charge in [-0.1, -0.05) is 5.16 Å². The van der Waals surface area contributed by atoms with Crippen LogP contribution in [-0.4, -0.2) is 55.4 Å². The van der Waals surface area contributed by atoms with Crippen molar-refractivity contribution in [2.45, 2.75) is 16.7 Å². The summed E-state index contributed by atoms with van der Waals surface area (Å²) in [7, 11) is -3.60. The average molecular weight is 472 g/mol. The lowest BCUT2D eigenvalue weighted by Gasteiger charge is -2.26. The number of thioether (sulfide) groups is 1. The van der Waals surface area contributed by atoms with Crippen LogP contribution in [0, 0.1) is 6.92 Å². The normalized spacial score (nSPS) is 15.4. The van der Waals surface area contributed by atoms with Gasteiger partial charge in [0, 0.05) is 34.5 Å². The van der Waals surface area contributed by atoms with E-state index < -0.39 is 10.0 Å². The van der Waals surface area contributed by atoms with Gasteiger partial charge in [-0.05, 0) is 55.6 Å². The highest BCUT2D eigenvalue weighted by Gasteiger charge is 2.28. The monoisotopic (exact) mass is 471 g/mol. The van der Waals surface area contributed by atoms with Crippen molar-refractivity contribution in [1.82, 2.24) is 14.4 Å². The second-order valence-electron chi connectivity index (χ2n) is 7.38. The zero-order valence-electron chi connectivity index (χ0n) is 17.6. The molecule has 2 aromatic carbocycles. The van der Waals surface area contributed by atoms with Crippen molar-refractivity contribution in [1.29, 1.82) is 0 Å². The molecule has 0 spiro atoms. The molecule has 1 saturated heterocycles. The van der Waals surface area contributed by atoms with Gasteiger partial charge < -0.3 is 13.7 Å². The van der Waals surface area contributed by atoms with Gasteiger partial charge in [0.25, 0.3) is 5.89 Å². The van der Waals surface area contributed by atoms with Gasteiger partial charge in [0.1, 0.15) is 5.58 Å². The number of furan rings is 1. The Bertz CT molecular complexity index is 1370. The quantitative estimate of drug-likeness (QED) is 0.399. The van der Waals surface area contributed by atoms with E-state index in [-0.39, 0.29) is 10.8 Å². The maximum Gasteiger partial charge on any atom is 0.294 e. The Morgan fingerprint density at radius 2 is 1.81 bits per heavy atom. The SMILES string of the molecule is CSc1ccc(-c2noc(-c3oc4ccc(S(=O)(=O)N5CCOCC5)cc4c3C)n2)cc1. The molecule has 1 aliphatic rings. The molecule has 166 valence electrons. The van der Waals surface area contributed by atoms with E-state index in [1.54, 1.807) is 30.0 Å². The molecule has 2 aromatic heterocycles. The fourth-order valence-electron chi connectivity index (χ4n) is 3.67. The molecule has 0 unspecified atom stereocenters. The number of fused-ring (bicyclic) bond motifs is 1. The molecule has 0 aliphatic carbocycles. The van der Waals surface area contributed by atoms with Gasteiger partial charge in [-0.2, -0.15) is 9.29 Å². The third-order valence-corrected chi connectivity index (χ3v) is 8.12. The van der Waals surface area contributed by atoms with E-state index >= 15 is 0 Å². The predicted octanol–water partition coefficient (Wildman–Crippen LogP) is 4.20. The van der Waals surface area contributed by atoms with E-state index in [4.69, 9.17) is 13.7 Å². The first-order valence-electron chi connectivity index (χ1n) is 10.1. The third kappa shape index (κ3) is 3.73. The number of hydrogen-bond donors (Lipinski definition) is 0. The highest BCUT2D eigenvalue weighted by Crippen LogP contribution is 2.35. The van der Waals surface area contributed by atoms with Crippen molar-refractivity contribution in [3.63, 3.8) is 0 Å². The zero-order valence-corrected chi connectivity index (χ0v) is 19.2. The molecule has 3 heterocycles. The summed E-state index contributed by atoms with van der Waals surface area (Å²) in [6.45, 7) is 3.34. The number of morpholine rings is 1. The summed E-state index contributed by atoms with van der Waals surface area (Å²) < 4.78 is 44.2. The first-order chi connectivity index (χ1) is 15.5. The maximum atomic E-state index is 13.0. The third-order valence-electron chi connectivity index (χ3n) is 5.48. The Morgan fingerprint density at radius 3 is 2.53 bits per heavy atom. The number of sulfonamides is 1. The summed E-state index contributed by atoms with van der Waals surface area (Å²) in [6, 6.07) is 12.7. The smallest absolute Gasteiger partial charge is 0.294 e. The van der Waals surface area contributed by atoms with E-state index in [9.17, 15) is 8.42 Å². The van der Waals surface area contributed by atoms with Gasteiger partial charge in [0.05, 0.1) is 18.1 Å². The molecular weight excluding hydrogens is 450 g/mol. The van der Waals surface area contributed by atoms with Gasteiger partial charge >= 0.3 is 0 Å². The molecule has 10 heteroatoms. The van der Waals surface area contributed by atoms with Gasteiger partial charge in [-0.3, -0.25) is 0 Å². The molecule has 1 fully saturated rings. The molecule has 0 amide bonds. The summed E-state index contributed by atoms with van der Waals surface area (Å²) in [4.78, 5) is 5.86. The van der Waals surface area contributed by atoms with E-state index in [1.165, 1.54) is 4.31 Å². The summed E-state index contributed by atoms with van der Waals surface area (Å²) in [5, 5.41) is 4.77. The van der Waals surface area contributed by atoms with Crippen molar-refractivity contribution in [3.8, 4) is 23.0 Å². The standard InChI is InChI=1S/C22H21N3O5S2/c1-14-18-13-17(32(26,27)25-9-11-28-12-10-25)7-8-19(18)29-20(14)22-23-21(24-30-22)15-3-5-16(31-2)6-4-15/h3-8,13H,9-12H2,1-2H3. The van der Waals surface area contributed by atoms with Crippen molar-refractivity contribution in [2.75, 3.05) is 32.6 Å². The summed E-state index contributed by atoms with van der Waals surface area (Å²) in [6.07, 6.45) is 2.02. The van der Waals surface area contributed by atoms with Crippen LogP contribution in [0.2, 0.25) is 0 Å². The molecule has 4 aromatic rings. The number of benzene rings is 2. The minimum atomic E-state index is -3.60. The van der Waals surface area contributed by atoms with Crippen LogP contribution >= 0.6 is 11.8 Å². The van der Waals surface area contributed by atoms with Gasteiger partial charge in [-0.25, -0.2) is 8.42 Å². The van der Waals surface area contributed by atoms with Crippen LogP contribution < -0.4 is 0 Å². The number of rotatable bonds is 5. The molecule has 5 rings (SSSR count). The Kier molecular flexibility index (Phi) is 5.54. The number of ether oxygens (including phenoxy) is 1. The Morgan fingerprint density at radius 1 is 1.06 bits per heavy atom. The van der Waals surface area contributed by atoms with Crippen molar-refractivity contribution >= 4 is 32.8 Å². The number of nitrogens with zero attached hydrogens (tertiary/aromatic N) is 3. The number of aryl methyl sites for hydroxylation is 1. The minimum Gasteiger partial charge on any atom is -0.451 e. The molecule has 0 radical (unpaired) electrons. The molecule has 0 atom stereocenters. The van der Waals surface area contributed by atoms with Gasteiger partial charge in [-0.15, -0.1) is 11.8 Å². The van der Waals surface area contributed by atoms with E-state index in [2.05, 4.69) is 10.1 Å². The second kappa shape index (κ2) is 8.36. The average Bonchev–Trinajstić information content (AvgIpc) is 3.44. The van der Waals surface area contributed by atoms with Crippen LogP contribution in [0.15, 0.2) is 61.2 Å². The first kappa shape index (κ1) is 21.2.